The zero-order chi connectivity index (χ0) is 12.3. The molecule has 0 amide bonds. The summed E-state index contributed by atoms with van der Waals surface area (Å²) >= 11 is 3.33. The number of hydrogen-bond acceptors (Lipinski definition) is 3. The zero-order valence-electron chi connectivity index (χ0n) is 8.85. The van der Waals surface area contributed by atoms with Gasteiger partial charge in [-0.3, -0.25) is 0 Å². The van der Waals surface area contributed by atoms with Gasteiger partial charge in [-0.05, 0) is 36.4 Å². The van der Waals surface area contributed by atoms with Gasteiger partial charge in [0.25, 0.3) is 0 Å². The molecule has 0 saturated heterocycles. The Labute approximate surface area is 108 Å². The third-order valence-electron chi connectivity index (χ3n) is 2.16. The van der Waals surface area contributed by atoms with E-state index in [0.717, 1.165) is 4.47 Å². The molecular weight excluding hydrogens is 280 g/mol. The predicted molar refractivity (Wildman–Crippen MR) is 69.8 cm³/mol. The van der Waals surface area contributed by atoms with Crippen LogP contribution in [0.15, 0.2) is 46.9 Å². The molecular formula is C13H9BrN2O. The number of hydrogen-bond donors (Lipinski definition) is 1. The van der Waals surface area contributed by atoms with Gasteiger partial charge in [-0.2, -0.15) is 5.26 Å². The molecule has 2 N–H and O–H groups in total. The Hall–Kier alpha value is -1.99. The Kier molecular flexibility index (Phi) is 3.31. The fourth-order valence-electron chi connectivity index (χ4n) is 1.37. The highest BCUT2D eigenvalue weighted by Gasteiger charge is 2.03. The third-order valence-corrected chi connectivity index (χ3v) is 2.66. The van der Waals surface area contributed by atoms with Gasteiger partial charge in [0.15, 0.2) is 0 Å². The summed E-state index contributed by atoms with van der Waals surface area (Å²) in [5, 5.41) is 8.78. The van der Waals surface area contributed by atoms with E-state index in [9.17, 15) is 0 Å². The Morgan fingerprint density at radius 3 is 2.71 bits per heavy atom. The van der Waals surface area contributed by atoms with E-state index in [1.807, 2.05) is 6.07 Å². The summed E-state index contributed by atoms with van der Waals surface area (Å²) in [5.41, 5.74) is 6.92. The highest BCUT2D eigenvalue weighted by Crippen LogP contribution is 2.30. The number of ether oxygens (including phenoxy) is 1. The minimum atomic E-state index is 0.543. The number of nitriles is 1. The quantitative estimate of drug-likeness (QED) is 0.858. The van der Waals surface area contributed by atoms with Crippen LogP contribution in [0.25, 0.3) is 0 Å². The van der Waals surface area contributed by atoms with Crippen LogP contribution in [-0.4, -0.2) is 0 Å². The van der Waals surface area contributed by atoms with Crippen LogP contribution in [0.4, 0.5) is 5.69 Å². The number of halogens is 1. The number of benzene rings is 2. The first-order valence-electron chi connectivity index (χ1n) is 4.92. The van der Waals surface area contributed by atoms with E-state index < -0.39 is 0 Å². The molecule has 0 atom stereocenters. The molecule has 0 aliphatic heterocycles. The van der Waals surface area contributed by atoms with Crippen molar-refractivity contribution in [1.82, 2.24) is 0 Å². The number of nitrogens with zero attached hydrogens (tertiary/aromatic N) is 1. The van der Waals surface area contributed by atoms with Gasteiger partial charge in [-0.15, -0.1) is 0 Å². The lowest BCUT2D eigenvalue weighted by atomic mass is 10.2. The molecule has 0 aromatic heterocycles. The Bertz CT molecular complexity index is 590. The van der Waals surface area contributed by atoms with Crippen LogP contribution < -0.4 is 10.5 Å². The summed E-state index contributed by atoms with van der Waals surface area (Å²) in [5.74, 6) is 1.17. The van der Waals surface area contributed by atoms with Crippen LogP contribution >= 0.6 is 15.9 Å². The highest BCUT2D eigenvalue weighted by atomic mass is 79.9. The Morgan fingerprint density at radius 2 is 2.00 bits per heavy atom. The van der Waals surface area contributed by atoms with Gasteiger partial charge in [-0.1, -0.05) is 22.0 Å². The smallest absolute Gasteiger partial charge is 0.150 e. The molecule has 0 unspecified atom stereocenters. The van der Waals surface area contributed by atoms with Gasteiger partial charge in [-0.25, -0.2) is 0 Å². The predicted octanol–water partition coefficient (Wildman–Crippen LogP) is 3.70. The molecule has 2 rings (SSSR count). The van der Waals surface area contributed by atoms with Gasteiger partial charge < -0.3 is 10.5 Å². The van der Waals surface area contributed by atoms with E-state index in [2.05, 4.69) is 22.0 Å². The van der Waals surface area contributed by atoms with Crippen molar-refractivity contribution in [3.63, 3.8) is 0 Å². The second-order valence-electron chi connectivity index (χ2n) is 3.42. The minimum absolute atomic E-state index is 0.543. The second kappa shape index (κ2) is 4.89. The largest absolute Gasteiger partial charge is 0.455 e. The molecule has 0 aliphatic rings. The van der Waals surface area contributed by atoms with Crippen LogP contribution in [0.5, 0.6) is 11.5 Å². The van der Waals surface area contributed by atoms with Crippen molar-refractivity contribution < 1.29 is 4.74 Å². The lowest BCUT2D eigenvalue weighted by Gasteiger charge is -2.08. The molecule has 84 valence electrons. The minimum Gasteiger partial charge on any atom is -0.455 e. The van der Waals surface area contributed by atoms with Crippen LogP contribution in [0.3, 0.4) is 0 Å². The number of nitrogen functional groups attached to an aromatic ring is 1. The van der Waals surface area contributed by atoms with Crippen LogP contribution in [-0.2, 0) is 0 Å². The van der Waals surface area contributed by atoms with Crippen LogP contribution in [0.2, 0.25) is 0 Å². The molecule has 0 aliphatic carbocycles. The summed E-state index contributed by atoms with van der Waals surface area (Å²) in [7, 11) is 0. The molecule has 0 fully saturated rings. The lowest BCUT2D eigenvalue weighted by Crippen LogP contribution is -1.92. The lowest BCUT2D eigenvalue weighted by molar-refractivity contribution is 0.485. The molecule has 3 nitrogen and oxygen atoms in total. The SMILES string of the molecule is N#Cc1cccc(Oc2ccc(Br)cc2N)c1. The van der Waals surface area contributed by atoms with E-state index in [-0.39, 0.29) is 0 Å². The summed E-state index contributed by atoms with van der Waals surface area (Å²) in [6.45, 7) is 0. The number of nitrogens with two attached hydrogens (primary N) is 1. The maximum atomic E-state index is 8.78. The van der Waals surface area contributed by atoms with Gasteiger partial charge in [0.1, 0.15) is 11.5 Å². The summed E-state index contributed by atoms with van der Waals surface area (Å²) in [6, 6.07) is 14.4. The van der Waals surface area contributed by atoms with E-state index in [0.29, 0.717) is 22.7 Å². The number of rotatable bonds is 2. The first-order valence-corrected chi connectivity index (χ1v) is 5.71. The molecule has 4 heteroatoms. The molecule has 0 heterocycles. The first-order chi connectivity index (χ1) is 8.19. The highest BCUT2D eigenvalue weighted by molar-refractivity contribution is 9.10. The summed E-state index contributed by atoms with van der Waals surface area (Å²) in [6.07, 6.45) is 0. The van der Waals surface area contributed by atoms with Crippen LogP contribution in [0, 0.1) is 11.3 Å². The van der Waals surface area contributed by atoms with Crippen molar-refractivity contribution >= 4 is 21.6 Å². The maximum absolute atomic E-state index is 8.78. The van der Waals surface area contributed by atoms with Crippen molar-refractivity contribution in [2.75, 3.05) is 5.73 Å². The Morgan fingerprint density at radius 1 is 1.18 bits per heavy atom. The van der Waals surface area contributed by atoms with Crippen molar-refractivity contribution in [1.29, 1.82) is 5.26 Å². The zero-order valence-corrected chi connectivity index (χ0v) is 10.4. The van der Waals surface area contributed by atoms with E-state index in [1.54, 1.807) is 36.4 Å². The van der Waals surface area contributed by atoms with Crippen molar-refractivity contribution in [3.8, 4) is 17.6 Å². The van der Waals surface area contributed by atoms with Crippen molar-refractivity contribution in [2.24, 2.45) is 0 Å². The molecule has 0 bridgehead atoms. The normalized spacial score (nSPS) is 9.65. The second-order valence-corrected chi connectivity index (χ2v) is 4.34. The fraction of sp³-hybridized carbons (Fsp3) is 0. The van der Waals surface area contributed by atoms with E-state index in [4.69, 9.17) is 15.7 Å². The Balaban J connectivity index is 2.28. The molecule has 2 aromatic carbocycles. The average molecular weight is 289 g/mol. The molecule has 0 saturated carbocycles. The topological polar surface area (TPSA) is 59.0 Å². The molecule has 0 spiro atoms. The molecule has 17 heavy (non-hydrogen) atoms. The third kappa shape index (κ3) is 2.77. The maximum Gasteiger partial charge on any atom is 0.150 e. The van der Waals surface area contributed by atoms with Crippen molar-refractivity contribution in [2.45, 2.75) is 0 Å². The van der Waals surface area contributed by atoms with Crippen molar-refractivity contribution in [3.05, 3.63) is 52.5 Å². The monoisotopic (exact) mass is 288 g/mol. The molecule has 0 radical (unpaired) electrons. The van der Waals surface area contributed by atoms with Gasteiger partial charge in [0, 0.05) is 4.47 Å². The van der Waals surface area contributed by atoms with Gasteiger partial charge in [0.05, 0.1) is 17.3 Å². The average Bonchev–Trinajstić information content (AvgIpc) is 2.33. The van der Waals surface area contributed by atoms with Gasteiger partial charge in [0.2, 0.25) is 0 Å². The first kappa shape index (κ1) is 11.5. The number of anilines is 1. The van der Waals surface area contributed by atoms with E-state index in [1.165, 1.54) is 0 Å². The van der Waals surface area contributed by atoms with E-state index >= 15 is 0 Å². The fourth-order valence-corrected chi connectivity index (χ4v) is 1.75. The summed E-state index contributed by atoms with van der Waals surface area (Å²) < 4.78 is 6.51. The molecule has 2 aromatic rings. The van der Waals surface area contributed by atoms with Gasteiger partial charge >= 0.3 is 0 Å². The van der Waals surface area contributed by atoms with Crippen LogP contribution in [0.1, 0.15) is 5.56 Å². The standard InChI is InChI=1S/C13H9BrN2O/c14-10-4-5-13(12(16)7-10)17-11-3-1-2-9(6-11)8-15/h1-7H,16H2. The summed E-state index contributed by atoms with van der Waals surface area (Å²) in [4.78, 5) is 0.